The molecule has 0 fully saturated rings. The number of halogens is 2. The Bertz CT molecular complexity index is 543. The molecule has 0 spiro atoms. The van der Waals surface area contributed by atoms with Crippen LogP contribution in [0.5, 0.6) is 0 Å². The summed E-state index contributed by atoms with van der Waals surface area (Å²) in [6.45, 7) is 2.70. The maximum absolute atomic E-state index is 9.90. The molecule has 1 heterocycles. The second kappa shape index (κ2) is 6.28. The van der Waals surface area contributed by atoms with Gasteiger partial charge in [0.05, 0.1) is 23.4 Å². The van der Waals surface area contributed by atoms with Crippen LogP contribution in [-0.2, 0) is 6.54 Å². The maximum atomic E-state index is 9.90. The minimum Gasteiger partial charge on any atom is -0.389 e. The van der Waals surface area contributed by atoms with Crippen LogP contribution in [0.25, 0.3) is 0 Å². The van der Waals surface area contributed by atoms with Gasteiger partial charge in [-0.2, -0.15) is 5.10 Å². The molecule has 102 valence electrons. The second-order valence-electron chi connectivity index (χ2n) is 4.34. The van der Waals surface area contributed by atoms with E-state index in [0.717, 1.165) is 11.3 Å². The van der Waals surface area contributed by atoms with Crippen molar-refractivity contribution in [1.82, 2.24) is 9.78 Å². The molecule has 0 aliphatic carbocycles. The van der Waals surface area contributed by atoms with Crippen molar-refractivity contribution in [3.63, 3.8) is 0 Å². The summed E-state index contributed by atoms with van der Waals surface area (Å²) in [7, 11) is 0. The Labute approximate surface area is 122 Å². The van der Waals surface area contributed by atoms with E-state index in [-0.39, 0.29) is 0 Å². The molecule has 0 saturated carbocycles. The van der Waals surface area contributed by atoms with E-state index in [2.05, 4.69) is 10.4 Å². The minimum atomic E-state index is -0.559. The SMILES string of the molecule is Cc1cc(Cl)c(NCC(O)Cn2cccn2)cc1Cl. The standard InChI is InChI=1S/C13H15Cl2N3O/c1-9-5-12(15)13(6-11(9)14)16-7-10(19)8-18-4-2-3-17-18/h2-6,10,16,19H,7-8H2,1H3. The van der Waals surface area contributed by atoms with Gasteiger partial charge in [-0.15, -0.1) is 0 Å². The smallest absolute Gasteiger partial charge is 0.0907 e. The summed E-state index contributed by atoms with van der Waals surface area (Å²) >= 11 is 12.1. The Kier molecular flexibility index (Phi) is 4.69. The van der Waals surface area contributed by atoms with Crippen LogP contribution < -0.4 is 5.32 Å². The first-order valence-corrected chi connectivity index (χ1v) is 6.67. The summed E-state index contributed by atoms with van der Waals surface area (Å²) in [6.07, 6.45) is 2.92. The lowest BCUT2D eigenvalue weighted by Gasteiger charge is -2.14. The summed E-state index contributed by atoms with van der Waals surface area (Å²) in [5, 5.41) is 18.3. The number of benzene rings is 1. The molecule has 1 aromatic heterocycles. The van der Waals surface area contributed by atoms with E-state index < -0.39 is 6.10 Å². The van der Waals surface area contributed by atoms with Crippen molar-refractivity contribution in [2.45, 2.75) is 19.6 Å². The molecule has 2 rings (SSSR count). The fourth-order valence-corrected chi connectivity index (χ4v) is 2.15. The molecule has 2 aromatic rings. The molecular weight excluding hydrogens is 285 g/mol. The van der Waals surface area contributed by atoms with E-state index in [9.17, 15) is 5.11 Å². The third-order valence-corrected chi connectivity index (χ3v) is 3.45. The van der Waals surface area contributed by atoms with E-state index in [1.54, 1.807) is 29.2 Å². The van der Waals surface area contributed by atoms with Crippen molar-refractivity contribution in [2.24, 2.45) is 0 Å². The number of aliphatic hydroxyl groups is 1. The van der Waals surface area contributed by atoms with Crippen molar-refractivity contribution in [3.8, 4) is 0 Å². The third-order valence-electron chi connectivity index (χ3n) is 2.73. The normalized spacial score (nSPS) is 12.4. The second-order valence-corrected chi connectivity index (χ2v) is 5.16. The summed E-state index contributed by atoms with van der Waals surface area (Å²) < 4.78 is 1.68. The maximum Gasteiger partial charge on any atom is 0.0907 e. The highest BCUT2D eigenvalue weighted by atomic mass is 35.5. The molecule has 0 radical (unpaired) electrons. The molecule has 6 heteroatoms. The van der Waals surface area contributed by atoms with Crippen LogP contribution in [0, 0.1) is 6.92 Å². The number of nitrogens with zero attached hydrogens (tertiary/aromatic N) is 2. The number of hydrogen-bond donors (Lipinski definition) is 2. The first-order chi connectivity index (χ1) is 9.06. The lowest BCUT2D eigenvalue weighted by Crippen LogP contribution is -2.25. The summed E-state index contributed by atoms with van der Waals surface area (Å²) in [5.74, 6) is 0. The van der Waals surface area contributed by atoms with E-state index in [1.807, 2.05) is 13.0 Å². The predicted octanol–water partition coefficient (Wildman–Crippen LogP) is 2.97. The average Bonchev–Trinajstić information content (AvgIpc) is 2.85. The van der Waals surface area contributed by atoms with Gasteiger partial charge in [-0.3, -0.25) is 4.68 Å². The monoisotopic (exact) mass is 299 g/mol. The van der Waals surface area contributed by atoms with Crippen LogP contribution in [0.1, 0.15) is 5.56 Å². The molecule has 4 nitrogen and oxygen atoms in total. The quantitative estimate of drug-likeness (QED) is 0.892. The fourth-order valence-electron chi connectivity index (χ4n) is 1.70. The first kappa shape index (κ1) is 14.2. The topological polar surface area (TPSA) is 50.1 Å². The minimum absolute atomic E-state index is 0.374. The zero-order valence-electron chi connectivity index (χ0n) is 10.5. The van der Waals surface area contributed by atoms with Gasteiger partial charge in [0.2, 0.25) is 0 Å². The number of nitrogens with one attached hydrogen (secondary N) is 1. The van der Waals surface area contributed by atoms with Crippen LogP contribution in [-0.4, -0.2) is 27.5 Å². The van der Waals surface area contributed by atoms with E-state index >= 15 is 0 Å². The van der Waals surface area contributed by atoms with Gasteiger partial charge in [-0.1, -0.05) is 23.2 Å². The number of aryl methyl sites for hydroxylation is 1. The van der Waals surface area contributed by atoms with Crippen molar-refractivity contribution >= 4 is 28.9 Å². The largest absolute Gasteiger partial charge is 0.389 e. The van der Waals surface area contributed by atoms with Gasteiger partial charge in [0, 0.05) is 24.0 Å². The molecular formula is C13H15Cl2N3O. The molecule has 0 amide bonds. The molecule has 0 bridgehead atoms. The lowest BCUT2D eigenvalue weighted by atomic mass is 10.2. The van der Waals surface area contributed by atoms with Crippen LogP contribution in [0.3, 0.4) is 0 Å². The first-order valence-electron chi connectivity index (χ1n) is 5.91. The molecule has 1 unspecified atom stereocenters. The highest BCUT2D eigenvalue weighted by Crippen LogP contribution is 2.28. The third kappa shape index (κ3) is 3.86. The van der Waals surface area contributed by atoms with Gasteiger partial charge in [-0.05, 0) is 30.7 Å². The van der Waals surface area contributed by atoms with Gasteiger partial charge in [0.25, 0.3) is 0 Å². The molecule has 1 atom stereocenters. The summed E-state index contributed by atoms with van der Waals surface area (Å²) in [6, 6.07) is 5.38. The van der Waals surface area contributed by atoms with Crippen LogP contribution in [0.4, 0.5) is 5.69 Å². The Morgan fingerprint density at radius 1 is 1.37 bits per heavy atom. The van der Waals surface area contributed by atoms with Crippen molar-refractivity contribution < 1.29 is 5.11 Å². The Morgan fingerprint density at radius 3 is 2.84 bits per heavy atom. The summed E-state index contributed by atoms with van der Waals surface area (Å²) in [4.78, 5) is 0. The molecule has 0 saturated heterocycles. The van der Waals surface area contributed by atoms with Gasteiger partial charge < -0.3 is 10.4 Å². The van der Waals surface area contributed by atoms with Crippen molar-refractivity contribution in [1.29, 1.82) is 0 Å². The average molecular weight is 300 g/mol. The van der Waals surface area contributed by atoms with Crippen LogP contribution in [0.15, 0.2) is 30.6 Å². The number of anilines is 1. The number of aliphatic hydroxyl groups excluding tert-OH is 1. The Morgan fingerprint density at radius 2 is 2.16 bits per heavy atom. The van der Waals surface area contributed by atoms with Crippen molar-refractivity contribution in [2.75, 3.05) is 11.9 Å². The molecule has 1 aromatic carbocycles. The molecule has 0 aliphatic rings. The zero-order chi connectivity index (χ0) is 13.8. The number of aromatic nitrogens is 2. The van der Waals surface area contributed by atoms with Gasteiger partial charge >= 0.3 is 0 Å². The van der Waals surface area contributed by atoms with E-state index in [0.29, 0.717) is 23.1 Å². The highest BCUT2D eigenvalue weighted by molar-refractivity contribution is 6.35. The predicted molar refractivity (Wildman–Crippen MR) is 77.9 cm³/mol. The summed E-state index contributed by atoms with van der Waals surface area (Å²) in [5.41, 5.74) is 1.64. The van der Waals surface area contributed by atoms with Crippen LogP contribution >= 0.6 is 23.2 Å². The van der Waals surface area contributed by atoms with Gasteiger partial charge in [0.15, 0.2) is 0 Å². The molecule has 2 N–H and O–H groups in total. The lowest BCUT2D eigenvalue weighted by molar-refractivity contribution is 0.161. The van der Waals surface area contributed by atoms with Crippen molar-refractivity contribution in [3.05, 3.63) is 46.2 Å². The number of hydrogen-bond acceptors (Lipinski definition) is 3. The molecule has 0 aliphatic heterocycles. The number of rotatable bonds is 5. The molecule has 19 heavy (non-hydrogen) atoms. The Balaban J connectivity index is 1.93. The zero-order valence-corrected chi connectivity index (χ0v) is 12.0. The van der Waals surface area contributed by atoms with Crippen LogP contribution in [0.2, 0.25) is 10.0 Å². The fraction of sp³-hybridized carbons (Fsp3) is 0.308. The van der Waals surface area contributed by atoms with Gasteiger partial charge in [0.1, 0.15) is 0 Å². The van der Waals surface area contributed by atoms with E-state index in [1.165, 1.54) is 0 Å². The highest BCUT2D eigenvalue weighted by Gasteiger charge is 2.08. The van der Waals surface area contributed by atoms with E-state index in [4.69, 9.17) is 23.2 Å². The Hall–Kier alpha value is -1.23. The van der Waals surface area contributed by atoms with Gasteiger partial charge in [-0.25, -0.2) is 0 Å².